The Kier molecular flexibility index (Phi) is 6.16. The van der Waals surface area contributed by atoms with Gasteiger partial charge in [0.15, 0.2) is 0 Å². The number of nitrogens with zero attached hydrogens (tertiary/aromatic N) is 2. The van der Waals surface area contributed by atoms with Gasteiger partial charge in [-0.1, -0.05) is 37.6 Å². The van der Waals surface area contributed by atoms with Gasteiger partial charge in [-0.3, -0.25) is 0 Å². The molecule has 30 heavy (non-hydrogen) atoms. The van der Waals surface area contributed by atoms with Crippen LogP contribution in [0.1, 0.15) is 39.2 Å². The van der Waals surface area contributed by atoms with Crippen molar-refractivity contribution in [1.82, 2.24) is 9.97 Å². The smallest absolute Gasteiger partial charge is 0.141 e. The lowest BCUT2D eigenvalue weighted by atomic mass is 9.94. The van der Waals surface area contributed by atoms with Crippen molar-refractivity contribution in [3.63, 3.8) is 0 Å². The third kappa shape index (κ3) is 4.25. The van der Waals surface area contributed by atoms with Gasteiger partial charge in [0, 0.05) is 17.0 Å². The summed E-state index contributed by atoms with van der Waals surface area (Å²) in [5, 5.41) is 14.2. The average Bonchev–Trinajstić information content (AvgIpc) is 3.36. The molecular weight excluding hydrogens is 430 g/mol. The predicted molar refractivity (Wildman–Crippen MR) is 131 cm³/mol. The summed E-state index contributed by atoms with van der Waals surface area (Å²) in [7, 11) is 0. The zero-order valence-corrected chi connectivity index (χ0v) is 19.8. The summed E-state index contributed by atoms with van der Waals surface area (Å²) in [6.45, 7) is 5.79. The first-order chi connectivity index (χ1) is 14.4. The molecule has 0 aliphatic heterocycles. The number of hydrogen-bond acceptors (Lipinski definition) is 7. The summed E-state index contributed by atoms with van der Waals surface area (Å²) < 4.78 is 1.14. The van der Waals surface area contributed by atoms with E-state index in [-0.39, 0.29) is 0 Å². The van der Waals surface area contributed by atoms with Crippen LogP contribution in [0.3, 0.4) is 0 Å². The van der Waals surface area contributed by atoms with E-state index in [2.05, 4.69) is 30.1 Å². The van der Waals surface area contributed by atoms with Gasteiger partial charge in [0.05, 0.1) is 15.5 Å². The van der Waals surface area contributed by atoms with E-state index in [0.29, 0.717) is 0 Å². The molecule has 3 N–H and O–H groups in total. The summed E-state index contributed by atoms with van der Waals surface area (Å²) in [6, 6.07) is 10.1. The number of anilines is 1. The van der Waals surface area contributed by atoms with Crippen LogP contribution in [0.2, 0.25) is 0 Å². The molecule has 0 saturated carbocycles. The van der Waals surface area contributed by atoms with Gasteiger partial charge in [0.2, 0.25) is 0 Å². The highest BCUT2D eigenvalue weighted by molar-refractivity contribution is 8.01. The number of unbranched alkanes of at least 4 members (excludes halogenated alkanes) is 1. The van der Waals surface area contributed by atoms with Crippen molar-refractivity contribution in [3.05, 3.63) is 47.5 Å². The fourth-order valence-electron chi connectivity index (χ4n) is 3.26. The first-order valence-electron chi connectivity index (χ1n) is 9.97. The monoisotopic (exact) mass is 455 g/mol. The van der Waals surface area contributed by atoms with Crippen LogP contribution in [0.4, 0.5) is 5.69 Å². The summed E-state index contributed by atoms with van der Waals surface area (Å²) in [6.07, 6.45) is 4.14. The van der Waals surface area contributed by atoms with Gasteiger partial charge in [-0.2, -0.15) is 0 Å². The van der Waals surface area contributed by atoms with Crippen LogP contribution in [0.15, 0.2) is 46.1 Å². The van der Waals surface area contributed by atoms with Crippen molar-refractivity contribution in [2.24, 2.45) is 0 Å². The van der Waals surface area contributed by atoms with Crippen molar-refractivity contribution in [1.29, 1.82) is 0 Å². The molecule has 3 heterocycles. The Hall–Kier alpha value is -1.93. The molecule has 0 spiro atoms. The van der Waals surface area contributed by atoms with Crippen LogP contribution in [-0.2, 0) is 5.60 Å². The van der Waals surface area contributed by atoms with E-state index in [0.717, 1.165) is 53.3 Å². The highest BCUT2D eigenvalue weighted by Gasteiger charge is 2.20. The first kappa shape index (κ1) is 21.3. The molecule has 0 atom stereocenters. The zero-order chi connectivity index (χ0) is 21.3. The predicted octanol–water partition coefficient (Wildman–Crippen LogP) is 6.79. The minimum absolute atomic E-state index is 0.816. The second-order valence-electron chi connectivity index (χ2n) is 7.71. The van der Waals surface area contributed by atoms with E-state index in [1.54, 1.807) is 42.7 Å². The van der Waals surface area contributed by atoms with Crippen molar-refractivity contribution in [2.75, 3.05) is 11.5 Å². The number of fused-ring (bicyclic) bond motifs is 1. The van der Waals surface area contributed by atoms with E-state index in [4.69, 9.17) is 10.7 Å². The van der Waals surface area contributed by atoms with E-state index in [1.807, 2.05) is 29.3 Å². The quantitative estimate of drug-likeness (QED) is 0.237. The summed E-state index contributed by atoms with van der Waals surface area (Å²) in [4.78, 5) is 10.3. The Morgan fingerprint density at radius 1 is 1.20 bits per heavy atom. The molecule has 4 nitrogen and oxygen atoms in total. The molecule has 0 saturated heterocycles. The molecule has 0 amide bonds. The first-order valence-corrected chi connectivity index (χ1v) is 12.7. The fraction of sp³-hybridized carbons (Fsp3) is 0.304. The number of aliphatic hydroxyl groups is 1. The normalized spacial score (nSPS) is 12.0. The van der Waals surface area contributed by atoms with Crippen LogP contribution < -0.4 is 5.73 Å². The molecule has 4 rings (SSSR count). The number of benzene rings is 1. The summed E-state index contributed by atoms with van der Waals surface area (Å²) in [5.74, 6) is 1.06. The van der Waals surface area contributed by atoms with E-state index >= 15 is 0 Å². The van der Waals surface area contributed by atoms with E-state index in [9.17, 15) is 5.11 Å². The molecule has 0 radical (unpaired) electrons. The maximum absolute atomic E-state index is 10.3. The van der Waals surface area contributed by atoms with Gasteiger partial charge in [0.25, 0.3) is 0 Å². The minimum atomic E-state index is -0.872. The molecule has 156 valence electrons. The number of thiazole rings is 1. The molecule has 4 aromatic rings. The Labute approximate surface area is 189 Å². The van der Waals surface area contributed by atoms with Crippen LogP contribution in [0, 0.1) is 0 Å². The lowest BCUT2D eigenvalue weighted by Gasteiger charge is -2.18. The van der Waals surface area contributed by atoms with Crippen LogP contribution in [0.5, 0.6) is 0 Å². The highest BCUT2D eigenvalue weighted by Crippen LogP contribution is 2.45. The van der Waals surface area contributed by atoms with Crippen molar-refractivity contribution in [2.45, 2.75) is 43.4 Å². The number of thioether (sulfide) groups is 1. The number of pyridine rings is 1. The molecular formula is C23H25N3OS3. The summed E-state index contributed by atoms with van der Waals surface area (Å²) in [5.41, 5.74) is 10.4. The number of nitrogens with two attached hydrogens (primary N) is 1. The van der Waals surface area contributed by atoms with Crippen LogP contribution in [-0.4, -0.2) is 20.8 Å². The Morgan fingerprint density at radius 3 is 2.60 bits per heavy atom. The zero-order valence-electron chi connectivity index (χ0n) is 17.3. The van der Waals surface area contributed by atoms with Gasteiger partial charge >= 0.3 is 0 Å². The number of aromatic nitrogens is 2. The topological polar surface area (TPSA) is 72.0 Å². The lowest BCUT2D eigenvalue weighted by molar-refractivity contribution is 0.0786. The van der Waals surface area contributed by atoms with E-state index < -0.39 is 5.60 Å². The van der Waals surface area contributed by atoms with Gasteiger partial charge in [-0.05, 0) is 48.8 Å². The molecule has 0 aliphatic carbocycles. The average molecular weight is 456 g/mol. The van der Waals surface area contributed by atoms with Crippen LogP contribution in [0.25, 0.3) is 32.0 Å². The fourth-order valence-corrected chi connectivity index (χ4v) is 6.31. The highest BCUT2D eigenvalue weighted by atomic mass is 32.2. The summed E-state index contributed by atoms with van der Waals surface area (Å²) >= 11 is 5.07. The van der Waals surface area contributed by atoms with E-state index in [1.165, 1.54) is 12.8 Å². The number of rotatable bonds is 7. The Bertz CT molecular complexity index is 1140. The second kappa shape index (κ2) is 8.67. The molecule has 3 aromatic heterocycles. The van der Waals surface area contributed by atoms with Gasteiger partial charge < -0.3 is 10.8 Å². The Morgan fingerprint density at radius 2 is 1.97 bits per heavy atom. The number of nitrogen functional groups attached to an aromatic ring is 1. The molecule has 7 heteroatoms. The number of thiophene rings is 1. The molecule has 1 aromatic carbocycles. The van der Waals surface area contributed by atoms with Gasteiger partial charge in [0.1, 0.15) is 15.5 Å². The maximum Gasteiger partial charge on any atom is 0.141 e. The van der Waals surface area contributed by atoms with Crippen molar-refractivity contribution in [3.8, 4) is 21.8 Å². The lowest BCUT2D eigenvalue weighted by Crippen LogP contribution is -2.14. The minimum Gasteiger partial charge on any atom is -0.397 e. The maximum atomic E-state index is 10.3. The third-order valence-corrected chi connectivity index (χ3v) is 8.22. The van der Waals surface area contributed by atoms with Crippen molar-refractivity contribution < 1.29 is 5.11 Å². The van der Waals surface area contributed by atoms with Crippen molar-refractivity contribution >= 4 is 50.3 Å². The van der Waals surface area contributed by atoms with Gasteiger partial charge in [-0.25, -0.2) is 9.97 Å². The second-order valence-corrected chi connectivity index (χ2v) is 11.0. The van der Waals surface area contributed by atoms with Crippen LogP contribution >= 0.6 is 34.4 Å². The SMILES string of the molecule is CCCCSc1sc2nc(-c3nccs3)cc(-c3ccc(C(C)(C)O)cc3)c2c1N. The molecule has 0 bridgehead atoms. The molecule has 0 fully saturated rings. The third-order valence-electron chi connectivity index (χ3n) is 4.95. The Balaban J connectivity index is 1.87. The molecule has 0 aliphatic rings. The number of hydrogen-bond donors (Lipinski definition) is 2. The van der Waals surface area contributed by atoms with Gasteiger partial charge in [-0.15, -0.1) is 34.4 Å². The standard InChI is InChI=1S/C23H25N3OS3/c1-4-5-11-29-22-19(24)18-16(14-6-8-15(9-7-14)23(2,3)27)13-17(26-21(18)30-22)20-25-10-12-28-20/h6-10,12-13,27H,4-5,11,24H2,1-3H3. The molecule has 0 unspecified atom stereocenters. The largest absolute Gasteiger partial charge is 0.397 e.